The number of carbonyl (C=O) groups is 1. The van der Waals surface area contributed by atoms with Gasteiger partial charge in [-0.3, -0.25) is 4.79 Å². The van der Waals surface area contributed by atoms with Gasteiger partial charge in [0, 0.05) is 7.05 Å². The number of methoxy groups -OCH3 is 1. The first-order chi connectivity index (χ1) is 13.2. The van der Waals surface area contributed by atoms with Crippen LogP contribution in [-0.4, -0.2) is 44.7 Å². The fraction of sp³-hybridized carbons (Fsp3) is 0.409. The van der Waals surface area contributed by atoms with E-state index in [2.05, 4.69) is 18.2 Å². The maximum absolute atomic E-state index is 13.0. The normalized spacial score (nSPS) is 20.8. The molecule has 5 nitrogen and oxygen atoms in total. The van der Waals surface area contributed by atoms with Crippen LogP contribution in [0.25, 0.3) is 0 Å². The van der Waals surface area contributed by atoms with Gasteiger partial charge >= 0.3 is 0 Å². The molecule has 0 aromatic heterocycles. The average molecular weight is 367 g/mol. The summed E-state index contributed by atoms with van der Waals surface area (Å²) >= 11 is 0. The van der Waals surface area contributed by atoms with Crippen LogP contribution in [0.2, 0.25) is 0 Å². The summed E-state index contributed by atoms with van der Waals surface area (Å²) in [6, 6.07) is 14.1. The number of rotatable bonds is 4. The highest BCUT2D eigenvalue weighted by Gasteiger charge is 2.31. The molecule has 1 amide bonds. The van der Waals surface area contributed by atoms with Gasteiger partial charge < -0.3 is 19.1 Å². The van der Waals surface area contributed by atoms with E-state index in [1.54, 1.807) is 12.0 Å². The Morgan fingerprint density at radius 2 is 2.00 bits per heavy atom. The molecule has 5 heteroatoms. The Bertz CT molecular complexity index is 835. The van der Waals surface area contributed by atoms with Crippen LogP contribution in [0.5, 0.6) is 11.5 Å². The minimum absolute atomic E-state index is 0.0687. The van der Waals surface area contributed by atoms with E-state index < -0.39 is 0 Å². The minimum Gasteiger partial charge on any atom is -0.493 e. The first kappa shape index (κ1) is 17.9. The highest BCUT2D eigenvalue weighted by molar-refractivity contribution is 5.79. The lowest BCUT2D eigenvalue weighted by Crippen LogP contribution is -2.41. The van der Waals surface area contributed by atoms with E-state index in [1.165, 1.54) is 11.1 Å². The quantitative estimate of drug-likeness (QED) is 0.833. The van der Waals surface area contributed by atoms with Gasteiger partial charge in [-0.05, 0) is 35.6 Å². The molecule has 2 aromatic carbocycles. The summed E-state index contributed by atoms with van der Waals surface area (Å²) < 4.78 is 17.2. The van der Waals surface area contributed by atoms with E-state index >= 15 is 0 Å². The summed E-state index contributed by atoms with van der Waals surface area (Å²) in [4.78, 5) is 14.8. The van der Waals surface area contributed by atoms with Crippen LogP contribution in [0.15, 0.2) is 42.5 Å². The molecule has 27 heavy (non-hydrogen) atoms. The third kappa shape index (κ3) is 3.52. The molecule has 142 valence electrons. The maximum Gasteiger partial charge on any atom is 0.229 e. The third-order valence-corrected chi connectivity index (χ3v) is 5.43. The van der Waals surface area contributed by atoms with E-state index in [9.17, 15) is 4.79 Å². The van der Waals surface area contributed by atoms with E-state index in [1.807, 2.05) is 31.3 Å². The molecule has 4 rings (SSSR count). The zero-order chi connectivity index (χ0) is 18.8. The number of amides is 1. The zero-order valence-corrected chi connectivity index (χ0v) is 15.8. The van der Waals surface area contributed by atoms with Crippen LogP contribution in [0, 0.1) is 5.92 Å². The fourth-order valence-corrected chi connectivity index (χ4v) is 3.99. The van der Waals surface area contributed by atoms with Crippen molar-refractivity contribution < 1.29 is 19.0 Å². The molecule has 0 N–H and O–H groups in total. The standard InChI is InChI=1S/C22H25NO4/c1-23(13-20-18-8-4-3-6-15(18)10-11-26-20)22(24)17-12-16-7-5-9-19(25-2)21(16)27-14-17/h3-9,17,20H,10-14H2,1-2H3/t17-,20+/m0/s1. The van der Waals surface area contributed by atoms with Gasteiger partial charge in [-0.25, -0.2) is 0 Å². The third-order valence-electron chi connectivity index (χ3n) is 5.43. The van der Waals surface area contributed by atoms with Gasteiger partial charge in [0.2, 0.25) is 5.91 Å². The molecule has 0 bridgehead atoms. The summed E-state index contributed by atoms with van der Waals surface area (Å²) in [6.07, 6.45) is 1.53. The van der Waals surface area contributed by atoms with Crippen molar-refractivity contribution in [3.63, 3.8) is 0 Å². The van der Waals surface area contributed by atoms with Gasteiger partial charge in [0.05, 0.1) is 26.2 Å². The number of para-hydroxylation sites is 1. The van der Waals surface area contributed by atoms with Gasteiger partial charge in [-0.2, -0.15) is 0 Å². The van der Waals surface area contributed by atoms with Gasteiger partial charge in [-0.1, -0.05) is 36.4 Å². The number of likely N-dealkylation sites (N-methyl/N-ethyl adjacent to an activating group) is 1. The molecule has 0 spiro atoms. The second-order valence-electron chi connectivity index (χ2n) is 7.19. The molecule has 2 atom stereocenters. The first-order valence-electron chi connectivity index (χ1n) is 9.40. The summed E-state index contributed by atoms with van der Waals surface area (Å²) in [5.41, 5.74) is 3.53. The average Bonchev–Trinajstić information content (AvgIpc) is 2.72. The fourth-order valence-electron chi connectivity index (χ4n) is 3.99. The van der Waals surface area contributed by atoms with Crippen molar-refractivity contribution in [1.82, 2.24) is 4.90 Å². The SMILES string of the molecule is COc1cccc2c1OC[C@@H](C(=O)N(C)C[C@H]1OCCc3ccccc31)C2. The first-order valence-corrected chi connectivity index (χ1v) is 9.40. The molecule has 0 saturated heterocycles. The van der Waals surface area contributed by atoms with Crippen LogP contribution in [0.3, 0.4) is 0 Å². The smallest absolute Gasteiger partial charge is 0.229 e. The summed E-state index contributed by atoms with van der Waals surface area (Å²) in [5, 5.41) is 0. The number of carbonyl (C=O) groups excluding carboxylic acids is 1. The van der Waals surface area contributed by atoms with Crippen LogP contribution < -0.4 is 9.47 Å². The Morgan fingerprint density at radius 1 is 1.19 bits per heavy atom. The van der Waals surface area contributed by atoms with E-state index in [0.29, 0.717) is 26.2 Å². The van der Waals surface area contributed by atoms with Gasteiger partial charge in [0.1, 0.15) is 12.7 Å². The lowest BCUT2D eigenvalue weighted by molar-refractivity contribution is -0.137. The molecular formula is C22H25NO4. The second-order valence-corrected chi connectivity index (χ2v) is 7.19. The molecule has 0 saturated carbocycles. The topological polar surface area (TPSA) is 48.0 Å². The van der Waals surface area contributed by atoms with Crippen LogP contribution in [0.1, 0.15) is 22.8 Å². The lowest BCUT2D eigenvalue weighted by atomic mass is 9.94. The van der Waals surface area contributed by atoms with Crippen molar-refractivity contribution in [2.45, 2.75) is 18.9 Å². The predicted octanol–water partition coefficient (Wildman–Crippen LogP) is 3.02. The molecule has 0 fully saturated rings. The van der Waals surface area contributed by atoms with Gasteiger partial charge in [0.15, 0.2) is 11.5 Å². The number of fused-ring (bicyclic) bond motifs is 2. The monoisotopic (exact) mass is 367 g/mol. The molecule has 0 unspecified atom stereocenters. The highest BCUT2D eigenvalue weighted by Crippen LogP contribution is 2.36. The maximum atomic E-state index is 13.0. The zero-order valence-electron chi connectivity index (χ0n) is 15.8. The van der Waals surface area contributed by atoms with Crippen molar-refractivity contribution in [1.29, 1.82) is 0 Å². The van der Waals surface area contributed by atoms with E-state index in [-0.39, 0.29) is 17.9 Å². The number of hydrogen-bond acceptors (Lipinski definition) is 4. The van der Waals surface area contributed by atoms with Crippen LogP contribution >= 0.6 is 0 Å². The lowest BCUT2D eigenvalue weighted by Gasteiger charge is -2.32. The molecular weight excluding hydrogens is 342 g/mol. The molecule has 0 aliphatic carbocycles. The number of benzene rings is 2. The number of ether oxygens (including phenoxy) is 3. The molecule has 2 heterocycles. The second kappa shape index (κ2) is 7.61. The molecule has 2 aliphatic rings. The van der Waals surface area contributed by atoms with Crippen LogP contribution in [-0.2, 0) is 22.4 Å². The molecule has 0 radical (unpaired) electrons. The predicted molar refractivity (Wildman–Crippen MR) is 102 cm³/mol. The number of hydrogen-bond donors (Lipinski definition) is 0. The highest BCUT2D eigenvalue weighted by atomic mass is 16.5. The van der Waals surface area contributed by atoms with Crippen molar-refractivity contribution in [3.8, 4) is 11.5 Å². The van der Waals surface area contributed by atoms with Crippen molar-refractivity contribution in [2.75, 3.05) is 33.9 Å². The Balaban J connectivity index is 1.44. The molecule has 2 aromatic rings. The Labute approximate surface area is 159 Å². The van der Waals surface area contributed by atoms with Gasteiger partial charge in [-0.15, -0.1) is 0 Å². The van der Waals surface area contributed by atoms with Crippen molar-refractivity contribution in [2.24, 2.45) is 5.92 Å². The summed E-state index contributed by atoms with van der Waals surface area (Å²) in [7, 11) is 3.48. The summed E-state index contributed by atoms with van der Waals surface area (Å²) in [6.45, 7) is 1.62. The van der Waals surface area contributed by atoms with Crippen molar-refractivity contribution >= 4 is 5.91 Å². The Kier molecular flexibility index (Phi) is 5.03. The van der Waals surface area contributed by atoms with E-state index in [0.717, 1.165) is 23.5 Å². The van der Waals surface area contributed by atoms with Gasteiger partial charge in [0.25, 0.3) is 0 Å². The minimum atomic E-state index is -0.187. The number of nitrogens with zero attached hydrogens (tertiary/aromatic N) is 1. The summed E-state index contributed by atoms with van der Waals surface area (Å²) in [5.74, 6) is 1.39. The van der Waals surface area contributed by atoms with E-state index in [4.69, 9.17) is 14.2 Å². The Morgan fingerprint density at radius 3 is 2.85 bits per heavy atom. The largest absolute Gasteiger partial charge is 0.493 e. The Hall–Kier alpha value is -2.53. The van der Waals surface area contributed by atoms with Crippen molar-refractivity contribution in [3.05, 3.63) is 59.2 Å². The van der Waals surface area contributed by atoms with Crippen LogP contribution in [0.4, 0.5) is 0 Å². The molecule has 2 aliphatic heterocycles.